The second-order valence-corrected chi connectivity index (χ2v) is 0.908. The van der Waals surface area contributed by atoms with Crippen LogP contribution >= 0.6 is 0 Å². The first-order valence-corrected chi connectivity index (χ1v) is 1.20. The molecular formula is C3H9FO2. The van der Waals surface area contributed by atoms with Crippen LogP contribution in [0, 0.1) is 0 Å². The number of halogens is 1. The maximum absolute atomic E-state index is 9.44. The molecule has 0 unspecified atom stereocenters. The minimum absolute atomic E-state index is 0. The highest BCUT2D eigenvalue weighted by atomic mass is 19.0. The van der Waals surface area contributed by atoms with Crippen LogP contribution in [0.4, 0.5) is 4.70 Å². The highest BCUT2D eigenvalue weighted by Gasteiger charge is 1.62. The van der Waals surface area contributed by atoms with Crippen molar-refractivity contribution < 1.29 is 15.0 Å². The minimum Gasteiger partial charge on any atom is -0.412 e. The number of ketones is 1. The van der Waals surface area contributed by atoms with Gasteiger partial charge >= 0.3 is 0 Å². The Balaban J connectivity index is -0.0000000450. The maximum Gasteiger partial charge on any atom is 0.126 e. The van der Waals surface area contributed by atoms with Crippen molar-refractivity contribution in [2.75, 3.05) is 0 Å². The topological polar surface area (TPSA) is 48.6 Å². The van der Waals surface area contributed by atoms with Crippen LogP contribution in [0.3, 0.4) is 0 Å². The lowest BCUT2D eigenvalue weighted by Gasteiger charge is -1.56. The molecular weight excluding hydrogens is 87.0 g/mol. The summed E-state index contributed by atoms with van der Waals surface area (Å²) in [6.45, 7) is 3.06. The average Bonchev–Trinajstić information content (AvgIpc) is 0.811. The molecule has 0 spiro atoms. The molecule has 2 nitrogen and oxygen atoms in total. The molecule has 0 atom stereocenters. The van der Waals surface area contributed by atoms with Crippen molar-refractivity contribution >= 4 is 5.78 Å². The van der Waals surface area contributed by atoms with Crippen LogP contribution in [0.5, 0.6) is 0 Å². The lowest BCUT2D eigenvalue weighted by Crippen LogP contribution is -1.69. The van der Waals surface area contributed by atoms with Crippen LogP contribution in [-0.2, 0) is 4.79 Å². The van der Waals surface area contributed by atoms with E-state index in [0.717, 1.165) is 0 Å². The molecule has 6 heavy (non-hydrogen) atoms. The lowest BCUT2D eigenvalue weighted by atomic mass is 10.6. The molecule has 0 saturated carbocycles. The summed E-state index contributed by atoms with van der Waals surface area (Å²) >= 11 is 0. The molecule has 40 valence electrons. The Labute approximate surface area is 35.8 Å². The predicted molar refractivity (Wildman–Crippen MR) is 22.5 cm³/mol. The number of carbonyl (C=O) groups is 1. The SMILES string of the molecule is CC(C)=O.F.O. The molecule has 0 aliphatic heterocycles. The predicted octanol–water partition coefficient (Wildman–Crippen LogP) is -0.0769. The van der Waals surface area contributed by atoms with Crippen LogP contribution in [0.1, 0.15) is 13.8 Å². The summed E-state index contributed by atoms with van der Waals surface area (Å²) in [4.78, 5) is 9.44. The second kappa shape index (κ2) is 8.82. The van der Waals surface area contributed by atoms with Gasteiger partial charge in [-0.05, 0) is 13.8 Å². The zero-order valence-corrected chi connectivity index (χ0v) is 3.82. The summed E-state index contributed by atoms with van der Waals surface area (Å²) in [6, 6.07) is 0. The standard InChI is InChI=1S/C3H6O.FH.H2O/c1-3(2)4;;/h1-2H3;1H;1H2. The van der Waals surface area contributed by atoms with Gasteiger partial charge in [0.25, 0.3) is 0 Å². The largest absolute Gasteiger partial charge is 0.412 e. The Morgan fingerprint density at radius 1 is 1.33 bits per heavy atom. The van der Waals surface area contributed by atoms with Crippen LogP contribution < -0.4 is 0 Å². The normalized spacial score (nSPS) is 4.33. The van der Waals surface area contributed by atoms with Crippen molar-refractivity contribution in [1.82, 2.24) is 0 Å². The van der Waals surface area contributed by atoms with Gasteiger partial charge in [0.15, 0.2) is 0 Å². The smallest absolute Gasteiger partial charge is 0.126 e. The van der Waals surface area contributed by atoms with E-state index in [1.807, 2.05) is 0 Å². The van der Waals surface area contributed by atoms with Gasteiger partial charge in [0.2, 0.25) is 0 Å². The summed E-state index contributed by atoms with van der Waals surface area (Å²) in [5.74, 6) is 0.167. The molecule has 0 radical (unpaired) electrons. The summed E-state index contributed by atoms with van der Waals surface area (Å²) < 4.78 is 0. The van der Waals surface area contributed by atoms with Gasteiger partial charge in [0.1, 0.15) is 5.78 Å². The number of hydrogen-bond acceptors (Lipinski definition) is 1. The first-order chi connectivity index (χ1) is 1.73. The molecule has 0 aliphatic carbocycles. The van der Waals surface area contributed by atoms with Crippen molar-refractivity contribution in [2.24, 2.45) is 0 Å². The maximum atomic E-state index is 9.44. The lowest BCUT2D eigenvalue weighted by molar-refractivity contribution is -0.114. The molecule has 0 aromatic heterocycles. The third kappa shape index (κ3) is 121. The van der Waals surface area contributed by atoms with Crippen molar-refractivity contribution in [3.63, 3.8) is 0 Å². The third-order valence-corrected chi connectivity index (χ3v) is 0. The van der Waals surface area contributed by atoms with Gasteiger partial charge in [-0.1, -0.05) is 0 Å². The highest BCUT2D eigenvalue weighted by molar-refractivity contribution is 5.72. The van der Waals surface area contributed by atoms with Gasteiger partial charge in [-0.25, -0.2) is 0 Å². The van der Waals surface area contributed by atoms with E-state index in [9.17, 15) is 4.79 Å². The van der Waals surface area contributed by atoms with Gasteiger partial charge in [-0.15, -0.1) is 0 Å². The minimum atomic E-state index is 0. The van der Waals surface area contributed by atoms with E-state index in [0.29, 0.717) is 0 Å². The van der Waals surface area contributed by atoms with Crippen LogP contribution in [0.2, 0.25) is 0 Å². The molecule has 0 fully saturated rings. The van der Waals surface area contributed by atoms with Crippen molar-refractivity contribution in [3.8, 4) is 0 Å². The summed E-state index contributed by atoms with van der Waals surface area (Å²) in [7, 11) is 0. The summed E-state index contributed by atoms with van der Waals surface area (Å²) in [6.07, 6.45) is 0. The number of carbonyl (C=O) groups excluding carboxylic acids is 1. The van der Waals surface area contributed by atoms with Crippen LogP contribution in [-0.4, -0.2) is 11.3 Å². The average molecular weight is 96.1 g/mol. The van der Waals surface area contributed by atoms with E-state index < -0.39 is 0 Å². The molecule has 0 amide bonds. The Hall–Kier alpha value is -0.440. The first kappa shape index (κ1) is 17.6. The zero-order chi connectivity index (χ0) is 3.58. The van der Waals surface area contributed by atoms with E-state index in [1.165, 1.54) is 13.8 Å². The Kier molecular flexibility index (Phi) is 25.9. The number of rotatable bonds is 0. The number of Topliss-reactive ketones (excluding diaryl/α,β-unsaturated/α-hetero) is 1. The van der Waals surface area contributed by atoms with E-state index >= 15 is 0 Å². The zero-order valence-electron chi connectivity index (χ0n) is 3.82. The van der Waals surface area contributed by atoms with Crippen LogP contribution in [0.15, 0.2) is 0 Å². The molecule has 0 aliphatic rings. The molecule has 0 saturated heterocycles. The van der Waals surface area contributed by atoms with Gasteiger partial charge in [-0.3, -0.25) is 4.70 Å². The summed E-state index contributed by atoms with van der Waals surface area (Å²) in [5, 5.41) is 0. The van der Waals surface area contributed by atoms with E-state index in [1.54, 1.807) is 0 Å². The highest BCUT2D eigenvalue weighted by Crippen LogP contribution is 1.50. The molecule has 0 aromatic rings. The molecule has 2 N–H and O–H groups in total. The molecule has 0 aromatic carbocycles. The molecule has 3 heteroatoms. The third-order valence-electron chi connectivity index (χ3n) is 0. The van der Waals surface area contributed by atoms with Gasteiger partial charge in [0.05, 0.1) is 0 Å². The monoisotopic (exact) mass is 96.1 g/mol. The quantitative estimate of drug-likeness (QED) is 0.416. The fraction of sp³-hybridized carbons (Fsp3) is 0.667. The Morgan fingerprint density at radius 2 is 1.33 bits per heavy atom. The fourth-order valence-corrected chi connectivity index (χ4v) is 0. The van der Waals surface area contributed by atoms with Gasteiger partial charge < -0.3 is 10.3 Å². The van der Waals surface area contributed by atoms with E-state index in [2.05, 4.69) is 0 Å². The fourth-order valence-electron chi connectivity index (χ4n) is 0. The van der Waals surface area contributed by atoms with E-state index in [4.69, 9.17) is 0 Å². The van der Waals surface area contributed by atoms with Crippen LogP contribution in [0.25, 0.3) is 0 Å². The molecule has 0 bridgehead atoms. The first-order valence-electron chi connectivity index (χ1n) is 1.20. The van der Waals surface area contributed by atoms with Crippen molar-refractivity contribution in [3.05, 3.63) is 0 Å². The molecule has 0 heterocycles. The summed E-state index contributed by atoms with van der Waals surface area (Å²) in [5.41, 5.74) is 0. The van der Waals surface area contributed by atoms with Crippen molar-refractivity contribution in [1.29, 1.82) is 0 Å². The van der Waals surface area contributed by atoms with E-state index in [-0.39, 0.29) is 16.0 Å². The van der Waals surface area contributed by atoms with Crippen molar-refractivity contribution in [2.45, 2.75) is 13.8 Å². The Bertz CT molecular complexity index is 31.8. The Morgan fingerprint density at radius 3 is 1.33 bits per heavy atom. The van der Waals surface area contributed by atoms with Gasteiger partial charge in [-0.2, -0.15) is 0 Å². The molecule has 0 rings (SSSR count). The number of hydrogen-bond donors (Lipinski definition) is 0. The van der Waals surface area contributed by atoms with Gasteiger partial charge in [0, 0.05) is 0 Å². The second-order valence-electron chi connectivity index (χ2n) is 0.908.